The number of carbonyl (C=O) groups excluding carboxylic acids is 1. The van der Waals surface area contributed by atoms with Crippen LogP contribution in [-0.4, -0.2) is 22.7 Å². The number of nitrogens with zero attached hydrogens (tertiary/aromatic N) is 2. The molecule has 1 N–H and O–H groups in total. The number of aryl methyl sites for hydroxylation is 2. The van der Waals surface area contributed by atoms with Crippen LogP contribution in [0.25, 0.3) is 11.4 Å². The quantitative estimate of drug-likeness (QED) is 0.614. The van der Waals surface area contributed by atoms with Gasteiger partial charge >= 0.3 is 0 Å². The zero-order valence-corrected chi connectivity index (χ0v) is 15.6. The van der Waals surface area contributed by atoms with Crippen molar-refractivity contribution in [2.24, 2.45) is 0 Å². The summed E-state index contributed by atoms with van der Waals surface area (Å²) in [5.41, 5.74) is 3.21. The molecule has 3 aromatic rings. The molecule has 1 aromatic heterocycles. The molecule has 0 saturated carbocycles. The first-order valence-electron chi connectivity index (χ1n) is 8.96. The minimum atomic E-state index is -0.0715. The molecule has 0 radical (unpaired) electrons. The van der Waals surface area contributed by atoms with Crippen molar-refractivity contribution in [3.8, 4) is 17.1 Å². The van der Waals surface area contributed by atoms with Crippen LogP contribution in [0.3, 0.4) is 0 Å². The predicted molar refractivity (Wildman–Crippen MR) is 102 cm³/mol. The van der Waals surface area contributed by atoms with Crippen LogP contribution in [0, 0.1) is 13.8 Å². The van der Waals surface area contributed by atoms with E-state index in [1.165, 1.54) is 5.56 Å². The maximum atomic E-state index is 11.9. The third-order valence-corrected chi connectivity index (χ3v) is 4.02. The fraction of sp³-hybridized carbons (Fsp3) is 0.286. The van der Waals surface area contributed by atoms with Crippen molar-refractivity contribution in [2.75, 3.05) is 6.61 Å². The highest BCUT2D eigenvalue weighted by Crippen LogP contribution is 2.17. The van der Waals surface area contributed by atoms with E-state index in [2.05, 4.69) is 15.5 Å². The summed E-state index contributed by atoms with van der Waals surface area (Å²) in [6, 6.07) is 15.7. The van der Waals surface area contributed by atoms with Crippen molar-refractivity contribution in [3.05, 3.63) is 65.5 Å². The van der Waals surface area contributed by atoms with Gasteiger partial charge in [0.1, 0.15) is 5.75 Å². The Balaban J connectivity index is 1.38. The average Bonchev–Trinajstić information content (AvgIpc) is 3.14. The van der Waals surface area contributed by atoms with Crippen molar-refractivity contribution in [2.45, 2.75) is 33.2 Å². The Labute approximate surface area is 158 Å². The van der Waals surface area contributed by atoms with E-state index >= 15 is 0 Å². The van der Waals surface area contributed by atoms with Gasteiger partial charge in [0.05, 0.1) is 13.2 Å². The van der Waals surface area contributed by atoms with Gasteiger partial charge in [-0.25, -0.2) is 0 Å². The van der Waals surface area contributed by atoms with E-state index < -0.39 is 0 Å². The van der Waals surface area contributed by atoms with Gasteiger partial charge in [-0.05, 0) is 38.5 Å². The second-order valence-electron chi connectivity index (χ2n) is 6.42. The number of carbonyl (C=O) groups is 1. The lowest BCUT2D eigenvalue weighted by Crippen LogP contribution is -2.23. The monoisotopic (exact) mass is 365 g/mol. The fourth-order valence-corrected chi connectivity index (χ4v) is 2.55. The summed E-state index contributed by atoms with van der Waals surface area (Å²) in [4.78, 5) is 16.3. The number of benzene rings is 2. The van der Waals surface area contributed by atoms with Gasteiger partial charge < -0.3 is 14.6 Å². The molecule has 6 nitrogen and oxygen atoms in total. The molecule has 0 aliphatic rings. The molecule has 0 fully saturated rings. The number of nitrogens with one attached hydrogen (secondary N) is 1. The van der Waals surface area contributed by atoms with Crippen molar-refractivity contribution in [1.82, 2.24) is 15.5 Å². The molecule has 6 heteroatoms. The Morgan fingerprint density at radius 1 is 1.11 bits per heavy atom. The molecule has 0 aliphatic carbocycles. The van der Waals surface area contributed by atoms with Gasteiger partial charge in [0, 0.05) is 12.0 Å². The molecule has 0 atom stereocenters. The Morgan fingerprint density at radius 2 is 1.93 bits per heavy atom. The second kappa shape index (κ2) is 8.98. The number of rotatable bonds is 8. The molecule has 1 heterocycles. The zero-order valence-electron chi connectivity index (χ0n) is 15.6. The molecule has 0 unspecified atom stereocenters. The van der Waals surface area contributed by atoms with Crippen LogP contribution in [0.1, 0.15) is 29.9 Å². The van der Waals surface area contributed by atoms with Crippen LogP contribution in [-0.2, 0) is 11.3 Å². The molecule has 1 amide bonds. The van der Waals surface area contributed by atoms with Gasteiger partial charge in [-0.1, -0.05) is 46.6 Å². The molecular formula is C21H23N3O3. The molecule has 0 aliphatic heterocycles. The second-order valence-corrected chi connectivity index (χ2v) is 6.42. The predicted octanol–water partition coefficient (Wildman–Crippen LogP) is 3.83. The lowest BCUT2D eigenvalue weighted by Gasteiger charge is -2.06. The first-order valence-corrected chi connectivity index (χ1v) is 8.96. The number of aromatic nitrogens is 2. The number of amides is 1. The molecule has 0 bridgehead atoms. The van der Waals surface area contributed by atoms with Crippen LogP contribution in [0.15, 0.2) is 53.1 Å². The molecule has 0 spiro atoms. The highest BCUT2D eigenvalue weighted by molar-refractivity contribution is 5.75. The molecule has 140 valence electrons. The Bertz CT molecular complexity index is 888. The van der Waals surface area contributed by atoms with E-state index in [4.69, 9.17) is 9.26 Å². The van der Waals surface area contributed by atoms with E-state index in [1.54, 1.807) is 0 Å². The highest BCUT2D eigenvalue weighted by atomic mass is 16.5. The molecule has 0 saturated heterocycles. The molecule has 27 heavy (non-hydrogen) atoms. The van der Waals surface area contributed by atoms with Crippen molar-refractivity contribution in [3.63, 3.8) is 0 Å². The summed E-state index contributed by atoms with van der Waals surface area (Å²) in [6.45, 7) is 4.75. The van der Waals surface area contributed by atoms with Crippen LogP contribution in [0.2, 0.25) is 0 Å². The van der Waals surface area contributed by atoms with E-state index in [0.717, 1.165) is 16.9 Å². The maximum absolute atomic E-state index is 11.9. The van der Waals surface area contributed by atoms with Gasteiger partial charge in [-0.3, -0.25) is 4.79 Å². The van der Waals surface area contributed by atoms with E-state index in [9.17, 15) is 4.79 Å². The van der Waals surface area contributed by atoms with Crippen LogP contribution >= 0.6 is 0 Å². The van der Waals surface area contributed by atoms with Gasteiger partial charge in [0.2, 0.25) is 17.6 Å². The Kier molecular flexibility index (Phi) is 6.20. The standard InChI is InChI=1S/C21H23N3O3/c1-15-8-10-18(11-9-15)26-12-4-7-19(25)22-14-20-23-21(24-27-20)17-6-3-5-16(2)13-17/h3,5-6,8-11,13H,4,7,12,14H2,1-2H3,(H,22,25). The lowest BCUT2D eigenvalue weighted by molar-refractivity contribution is -0.121. The van der Waals surface area contributed by atoms with Crippen LogP contribution < -0.4 is 10.1 Å². The summed E-state index contributed by atoms with van der Waals surface area (Å²) in [5, 5.41) is 6.75. The van der Waals surface area contributed by atoms with E-state index in [1.807, 2.05) is 62.4 Å². The van der Waals surface area contributed by atoms with Crippen molar-refractivity contribution in [1.29, 1.82) is 0 Å². The minimum Gasteiger partial charge on any atom is -0.494 e. The summed E-state index contributed by atoms with van der Waals surface area (Å²) < 4.78 is 10.8. The highest BCUT2D eigenvalue weighted by Gasteiger charge is 2.10. The minimum absolute atomic E-state index is 0.0715. The number of hydrogen-bond donors (Lipinski definition) is 1. The first kappa shape index (κ1) is 18.6. The van der Waals surface area contributed by atoms with Crippen LogP contribution in [0.5, 0.6) is 5.75 Å². The third kappa shape index (κ3) is 5.67. The molecule has 3 rings (SSSR count). The first-order chi connectivity index (χ1) is 13.1. The van der Waals surface area contributed by atoms with Crippen LogP contribution in [0.4, 0.5) is 0 Å². The zero-order chi connectivity index (χ0) is 19.1. The van der Waals surface area contributed by atoms with Gasteiger partial charge in [0.15, 0.2) is 0 Å². The third-order valence-electron chi connectivity index (χ3n) is 4.02. The van der Waals surface area contributed by atoms with Gasteiger partial charge in [0.25, 0.3) is 0 Å². The summed E-state index contributed by atoms with van der Waals surface area (Å²) in [7, 11) is 0. The Morgan fingerprint density at radius 3 is 2.70 bits per heavy atom. The van der Waals surface area contributed by atoms with Crippen molar-refractivity contribution >= 4 is 5.91 Å². The maximum Gasteiger partial charge on any atom is 0.246 e. The lowest BCUT2D eigenvalue weighted by atomic mass is 10.1. The average molecular weight is 365 g/mol. The number of hydrogen-bond acceptors (Lipinski definition) is 5. The topological polar surface area (TPSA) is 77.2 Å². The molecule has 2 aromatic carbocycles. The largest absolute Gasteiger partial charge is 0.494 e. The summed E-state index contributed by atoms with van der Waals surface area (Å²) in [5.74, 6) is 1.65. The Hall–Kier alpha value is -3.15. The fourth-order valence-electron chi connectivity index (χ4n) is 2.55. The van der Waals surface area contributed by atoms with E-state index in [-0.39, 0.29) is 12.5 Å². The number of ether oxygens (including phenoxy) is 1. The smallest absolute Gasteiger partial charge is 0.246 e. The van der Waals surface area contributed by atoms with Crippen molar-refractivity contribution < 1.29 is 14.1 Å². The normalized spacial score (nSPS) is 10.6. The summed E-state index contributed by atoms with van der Waals surface area (Å²) >= 11 is 0. The van der Waals surface area contributed by atoms with Gasteiger partial charge in [-0.2, -0.15) is 4.98 Å². The SMILES string of the molecule is Cc1ccc(OCCCC(=O)NCc2nc(-c3cccc(C)c3)no2)cc1. The van der Waals surface area contributed by atoms with E-state index in [0.29, 0.717) is 31.2 Å². The van der Waals surface area contributed by atoms with Gasteiger partial charge in [-0.15, -0.1) is 0 Å². The molecular weight excluding hydrogens is 342 g/mol. The summed E-state index contributed by atoms with van der Waals surface area (Å²) in [6.07, 6.45) is 1.02.